The van der Waals surface area contributed by atoms with Crippen molar-refractivity contribution in [2.24, 2.45) is 0 Å². The van der Waals surface area contributed by atoms with Crippen molar-refractivity contribution in [3.63, 3.8) is 0 Å². The fraction of sp³-hybridized carbons (Fsp3) is 0. The van der Waals surface area contributed by atoms with Crippen molar-refractivity contribution in [1.29, 1.82) is 0 Å². The van der Waals surface area contributed by atoms with Crippen LogP contribution in [0.1, 0.15) is 0 Å². The number of benzene rings is 2. The minimum Gasteiger partial charge on any atom is -0.265 e. The zero-order chi connectivity index (χ0) is 16.7. The number of rotatable bonds is 1. The monoisotopic (exact) mass is 312 g/mol. The van der Waals surface area contributed by atoms with Gasteiger partial charge in [0.25, 0.3) is 0 Å². The van der Waals surface area contributed by atoms with E-state index in [9.17, 15) is 0 Å². The molecule has 2 heteroatoms. The lowest BCUT2D eigenvalue weighted by atomic mass is 10.1. The summed E-state index contributed by atoms with van der Waals surface area (Å²) in [5, 5.41) is 0. The molecule has 0 unspecified atom stereocenters. The fourth-order valence-electron chi connectivity index (χ4n) is 1.89. The number of pyridine rings is 2. The Bertz CT molecular complexity index is 620. The van der Waals surface area contributed by atoms with Crippen LogP contribution < -0.4 is 0 Å². The van der Waals surface area contributed by atoms with E-state index in [1.165, 1.54) is 11.1 Å². The van der Waals surface area contributed by atoms with Crippen LogP contribution in [0, 0.1) is 0 Å². The Morgan fingerprint density at radius 2 is 0.625 bits per heavy atom. The molecule has 118 valence electrons. The molecule has 0 fully saturated rings. The summed E-state index contributed by atoms with van der Waals surface area (Å²) in [7, 11) is 0. The molecule has 0 bridgehead atoms. The molecular weight excluding hydrogens is 292 g/mol. The molecule has 2 heterocycles. The van der Waals surface area contributed by atoms with E-state index in [-0.39, 0.29) is 0 Å². The number of hydrogen-bond donors (Lipinski definition) is 0. The molecule has 0 saturated heterocycles. The van der Waals surface area contributed by atoms with Gasteiger partial charge in [-0.25, -0.2) is 0 Å². The van der Waals surface area contributed by atoms with Crippen LogP contribution in [-0.2, 0) is 0 Å². The van der Waals surface area contributed by atoms with E-state index in [4.69, 9.17) is 0 Å². The second-order valence-electron chi connectivity index (χ2n) is 4.78. The molecule has 2 aromatic heterocycles. The normalized spacial score (nSPS) is 8.83. The summed E-state index contributed by atoms with van der Waals surface area (Å²) in [6.07, 6.45) is 7.00. The Labute approximate surface area is 143 Å². The van der Waals surface area contributed by atoms with E-state index in [2.05, 4.69) is 58.5 Å². The summed E-state index contributed by atoms with van der Waals surface area (Å²) >= 11 is 0. The van der Waals surface area contributed by atoms with Gasteiger partial charge in [-0.1, -0.05) is 72.8 Å². The Hall–Kier alpha value is -3.26. The first-order valence-electron chi connectivity index (χ1n) is 7.77. The minimum absolute atomic E-state index is 1.28. The molecular formula is C22H20N2. The molecule has 0 aliphatic rings. The molecule has 0 atom stereocenters. The molecule has 0 N–H and O–H groups in total. The second-order valence-corrected chi connectivity index (χ2v) is 4.78. The molecule has 2 nitrogen and oxygen atoms in total. The van der Waals surface area contributed by atoms with E-state index < -0.39 is 0 Å². The van der Waals surface area contributed by atoms with Crippen molar-refractivity contribution in [2.75, 3.05) is 0 Å². The first-order chi connectivity index (χ1) is 12.0. The van der Waals surface area contributed by atoms with Gasteiger partial charge >= 0.3 is 0 Å². The predicted octanol–water partition coefficient (Wildman–Crippen LogP) is 5.52. The summed E-state index contributed by atoms with van der Waals surface area (Å²) < 4.78 is 0. The molecule has 0 saturated carbocycles. The summed E-state index contributed by atoms with van der Waals surface area (Å²) in [5.74, 6) is 0. The van der Waals surface area contributed by atoms with Gasteiger partial charge in [0.15, 0.2) is 0 Å². The van der Waals surface area contributed by atoms with Crippen LogP contribution in [0.25, 0.3) is 11.1 Å². The Balaban J connectivity index is 0.000000146. The van der Waals surface area contributed by atoms with E-state index in [0.717, 1.165) is 0 Å². The van der Waals surface area contributed by atoms with Crippen LogP contribution >= 0.6 is 0 Å². The number of hydrogen-bond acceptors (Lipinski definition) is 2. The highest BCUT2D eigenvalue weighted by atomic mass is 14.6. The Morgan fingerprint density at radius 3 is 0.833 bits per heavy atom. The maximum atomic E-state index is 3.78. The van der Waals surface area contributed by atoms with Gasteiger partial charge in [0, 0.05) is 24.8 Å². The average molecular weight is 312 g/mol. The van der Waals surface area contributed by atoms with Crippen molar-refractivity contribution in [3.05, 3.63) is 122 Å². The molecule has 24 heavy (non-hydrogen) atoms. The molecule has 0 spiro atoms. The summed E-state index contributed by atoms with van der Waals surface area (Å²) in [6, 6.07) is 32.2. The van der Waals surface area contributed by atoms with Crippen molar-refractivity contribution < 1.29 is 0 Å². The zero-order valence-electron chi connectivity index (χ0n) is 13.4. The first-order valence-corrected chi connectivity index (χ1v) is 7.77. The SMILES string of the molecule is c1ccc(-c2ccccc2)cc1.c1ccncc1.c1ccncc1. The van der Waals surface area contributed by atoms with Crippen molar-refractivity contribution in [3.8, 4) is 11.1 Å². The molecule has 0 amide bonds. The quantitative estimate of drug-likeness (QED) is 0.462. The topological polar surface area (TPSA) is 25.8 Å². The van der Waals surface area contributed by atoms with Gasteiger partial charge in [0.1, 0.15) is 0 Å². The largest absolute Gasteiger partial charge is 0.265 e. The molecule has 2 aromatic carbocycles. The van der Waals surface area contributed by atoms with Gasteiger partial charge < -0.3 is 0 Å². The third-order valence-electron chi connectivity index (χ3n) is 3.01. The fourth-order valence-corrected chi connectivity index (χ4v) is 1.89. The highest BCUT2D eigenvalue weighted by molar-refractivity contribution is 5.62. The third kappa shape index (κ3) is 7.14. The second kappa shape index (κ2) is 11.3. The van der Waals surface area contributed by atoms with E-state index in [1.807, 2.05) is 48.5 Å². The molecule has 4 rings (SSSR count). The van der Waals surface area contributed by atoms with Gasteiger partial charge in [-0.05, 0) is 35.4 Å². The molecule has 0 aliphatic carbocycles. The van der Waals surface area contributed by atoms with Crippen molar-refractivity contribution in [1.82, 2.24) is 9.97 Å². The summed E-state index contributed by atoms with van der Waals surface area (Å²) in [5.41, 5.74) is 2.55. The van der Waals surface area contributed by atoms with Gasteiger partial charge in [0.05, 0.1) is 0 Å². The minimum atomic E-state index is 1.28. The highest BCUT2D eigenvalue weighted by Gasteiger charge is 1.91. The molecule has 0 aliphatic heterocycles. The third-order valence-corrected chi connectivity index (χ3v) is 3.01. The lowest BCUT2D eigenvalue weighted by molar-refractivity contribution is 1.33. The lowest BCUT2D eigenvalue weighted by Gasteiger charge is -1.98. The van der Waals surface area contributed by atoms with Crippen LogP contribution in [0.3, 0.4) is 0 Å². The molecule has 0 radical (unpaired) electrons. The van der Waals surface area contributed by atoms with E-state index in [0.29, 0.717) is 0 Å². The Kier molecular flexibility index (Phi) is 8.07. The Morgan fingerprint density at radius 1 is 0.333 bits per heavy atom. The average Bonchev–Trinajstić information content (AvgIpc) is 2.73. The van der Waals surface area contributed by atoms with Crippen LogP contribution in [0.4, 0.5) is 0 Å². The van der Waals surface area contributed by atoms with Crippen molar-refractivity contribution >= 4 is 0 Å². The van der Waals surface area contributed by atoms with Crippen LogP contribution in [0.5, 0.6) is 0 Å². The standard InChI is InChI=1S/C12H10.2C5H5N/c1-3-7-11(8-4-1)12-9-5-2-6-10-12;2*1-2-4-6-5-3-1/h1-10H;2*1-5H. The lowest BCUT2D eigenvalue weighted by Crippen LogP contribution is -1.73. The van der Waals surface area contributed by atoms with Gasteiger partial charge in [-0.2, -0.15) is 0 Å². The first kappa shape index (κ1) is 17.1. The molecule has 4 aromatic rings. The van der Waals surface area contributed by atoms with Crippen molar-refractivity contribution in [2.45, 2.75) is 0 Å². The van der Waals surface area contributed by atoms with E-state index in [1.54, 1.807) is 24.8 Å². The maximum absolute atomic E-state index is 3.78. The zero-order valence-corrected chi connectivity index (χ0v) is 13.4. The predicted molar refractivity (Wildman–Crippen MR) is 100 cm³/mol. The van der Waals surface area contributed by atoms with Crippen LogP contribution in [0.2, 0.25) is 0 Å². The number of aromatic nitrogens is 2. The van der Waals surface area contributed by atoms with Gasteiger partial charge in [-0.3, -0.25) is 9.97 Å². The van der Waals surface area contributed by atoms with Gasteiger partial charge in [-0.15, -0.1) is 0 Å². The smallest absolute Gasteiger partial charge is 0.0267 e. The van der Waals surface area contributed by atoms with Gasteiger partial charge in [0.2, 0.25) is 0 Å². The van der Waals surface area contributed by atoms with E-state index >= 15 is 0 Å². The van der Waals surface area contributed by atoms with Crippen LogP contribution in [0.15, 0.2) is 122 Å². The highest BCUT2D eigenvalue weighted by Crippen LogP contribution is 2.17. The maximum Gasteiger partial charge on any atom is 0.0267 e. The van der Waals surface area contributed by atoms with Crippen LogP contribution in [-0.4, -0.2) is 9.97 Å². The number of nitrogens with zero attached hydrogens (tertiary/aromatic N) is 2. The summed E-state index contributed by atoms with van der Waals surface area (Å²) in [4.78, 5) is 7.57. The summed E-state index contributed by atoms with van der Waals surface area (Å²) in [6.45, 7) is 0.